The summed E-state index contributed by atoms with van der Waals surface area (Å²) in [5.41, 5.74) is 0. The zero-order chi connectivity index (χ0) is 13.1. The third-order valence-corrected chi connectivity index (χ3v) is 4.95. The molecule has 0 bridgehead atoms. The Morgan fingerprint density at radius 3 is 2.06 bits per heavy atom. The van der Waals surface area contributed by atoms with Crippen LogP contribution < -0.4 is 0 Å². The lowest BCUT2D eigenvalue weighted by Gasteiger charge is -2.36. The van der Waals surface area contributed by atoms with Gasteiger partial charge in [-0.05, 0) is 64.0 Å². The molecule has 3 aliphatic rings. The molecule has 18 heavy (non-hydrogen) atoms. The summed E-state index contributed by atoms with van der Waals surface area (Å²) in [6, 6.07) is 0.750. The summed E-state index contributed by atoms with van der Waals surface area (Å²) in [6.45, 7) is 15.6. The topological polar surface area (TPSA) is 6.48 Å². The summed E-state index contributed by atoms with van der Waals surface area (Å²) in [5, 5.41) is 0. The van der Waals surface area contributed by atoms with Gasteiger partial charge in [-0.1, -0.05) is 13.8 Å². The molecule has 2 nitrogen and oxygen atoms in total. The fraction of sp³-hybridized carbons (Fsp3) is 1.00. The van der Waals surface area contributed by atoms with E-state index in [-0.39, 0.29) is 0 Å². The maximum atomic E-state index is 2.74. The third kappa shape index (κ3) is 3.48. The number of rotatable bonds is 3. The molecule has 3 rings (SSSR count). The van der Waals surface area contributed by atoms with Crippen molar-refractivity contribution in [2.75, 3.05) is 32.7 Å². The molecule has 0 unspecified atom stereocenters. The third-order valence-electron chi connectivity index (χ3n) is 4.95. The van der Waals surface area contributed by atoms with Crippen molar-refractivity contribution in [3.05, 3.63) is 0 Å². The Hall–Kier alpha value is -0.0800. The maximum Gasteiger partial charge on any atom is 0.00385 e. The minimum atomic E-state index is 0.750. The number of hydrogen-bond acceptors (Lipinski definition) is 2. The van der Waals surface area contributed by atoms with Crippen LogP contribution in [0.2, 0.25) is 0 Å². The predicted octanol–water partition coefficient (Wildman–Crippen LogP) is 3.08. The van der Waals surface area contributed by atoms with Gasteiger partial charge in [0.1, 0.15) is 0 Å². The first-order valence-electron chi connectivity index (χ1n) is 8.19. The summed E-state index contributed by atoms with van der Waals surface area (Å²) in [4.78, 5) is 5.38. The van der Waals surface area contributed by atoms with Crippen molar-refractivity contribution < 1.29 is 0 Å². The van der Waals surface area contributed by atoms with Gasteiger partial charge in [0.05, 0.1) is 0 Å². The molecule has 0 amide bonds. The van der Waals surface area contributed by atoms with E-state index in [1.54, 1.807) is 6.42 Å². The Balaban J connectivity index is 0.000000574. The number of fused-ring (bicyclic) bond motifs is 1. The van der Waals surface area contributed by atoms with Gasteiger partial charge in [0.2, 0.25) is 0 Å². The highest BCUT2D eigenvalue weighted by molar-refractivity contribution is 4.97. The van der Waals surface area contributed by atoms with E-state index in [0.29, 0.717) is 0 Å². The molecule has 1 aliphatic carbocycles. The number of hydrogen-bond donors (Lipinski definition) is 0. The van der Waals surface area contributed by atoms with Gasteiger partial charge in [-0.25, -0.2) is 0 Å². The van der Waals surface area contributed by atoms with Gasteiger partial charge in [0, 0.05) is 25.7 Å². The molecule has 0 N–H and O–H groups in total. The second-order valence-electron chi connectivity index (χ2n) is 6.55. The zero-order valence-corrected chi connectivity index (χ0v) is 12.9. The Morgan fingerprint density at radius 1 is 1.00 bits per heavy atom. The molecule has 0 radical (unpaired) electrons. The van der Waals surface area contributed by atoms with Crippen molar-refractivity contribution in [1.29, 1.82) is 0 Å². The first-order chi connectivity index (χ1) is 8.72. The highest BCUT2D eigenvalue weighted by atomic mass is 15.2. The smallest absolute Gasteiger partial charge is 0.00385 e. The van der Waals surface area contributed by atoms with Gasteiger partial charge in [-0.15, -0.1) is 0 Å². The molecule has 0 aromatic carbocycles. The normalized spacial score (nSPS) is 33.2. The van der Waals surface area contributed by atoms with Crippen molar-refractivity contribution in [2.24, 2.45) is 17.8 Å². The van der Waals surface area contributed by atoms with Gasteiger partial charge >= 0.3 is 0 Å². The van der Waals surface area contributed by atoms with E-state index in [0.717, 1.165) is 23.8 Å². The lowest BCUT2D eigenvalue weighted by atomic mass is 9.95. The summed E-state index contributed by atoms with van der Waals surface area (Å²) >= 11 is 0. The standard InChI is InChI=1S/C14H26N2.C2H6/c1-11(2)16-5-3-12(4-6-16)8-15-9-13-7-14(13)10-15;1-2/h11-14H,3-10H2,1-2H3;1-2H3/t13-,14+;. The zero-order valence-electron chi connectivity index (χ0n) is 12.9. The number of likely N-dealkylation sites (tertiary alicyclic amines) is 2. The average Bonchev–Trinajstić information content (AvgIpc) is 3.00. The van der Waals surface area contributed by atoms with Crippen LogP contribution in [0.15, 0.2) is 0 Å². The second kappa shape index (κ2) is 6.38. The lowest BCUT2D eigenvalue weighted by Crippen LogP contribution is -2.41. The van der Waals surface area contributed by atoms with E-state index in [1.165, 1.54) is 45.6 Å². The minimum absolute atomic E-state index is 0.750. The van der Waals surface area contributed by atoms with E-state index in [1.807, 2.05) is 13.8 Å². The van der Waals surface area contributed by atoms with Crippen LogP contribution in [0.3, 0.4) is 0 Å². The first-order valence-corrected chi connectivity index (χ1v) is 8.19. The van der Waals surface area contributed by atoms with Crippen LogP contribution in [0.5, 0.6) is 0 Å². The molecule has 106 valence electrons. The van der Waals surface area contributed by atoms with Crippen molar-refractivity contribution >= 4 is 0 Å². The SMILES string of the molecule is CC.CC(C)N1CCC(CN2C[C@H]3C[C@H]3C2)CC1. The molecule has 2 aliphatic heterocycles. The highest BCUT2D eigenvalue weighted by Crippen LogP contribution is 2.45. The molecule has 3 fully saturated rings. The fourth-order valence-electron chi connectivity index (χ4n) is 3.66. The summed E-state index contributed by atoms with van der Waals surface area (Å²) in [5.74, 6) is 3.21. The van der Waals surface area contributed by atoms with E-state index in [4.69, 9.17) is 0 Å². The van der Waals surface area contributed by atoms with Gasteiger partial charge in [-0.3, -0.25) is 0 Å². The molecular formula is C16H32N2. The molecule has 2 atom stereocenters. The monoisotopic (exact) mass is 252 g/mol. The van der Waals surface area contributed by atoms with E-state index in [9.17, 15) is 0 Å². The Bertz CT molecular complexity index is 233. The first kappa shape index (κ1) is 14.3. The number of nitrogens with zero attached hydrogens (tertiary/aromatic N) is 2. The van der Waals surface area contributed by atoms with E-state index in [2.05, 4.69) is 23.6 Å². The van der Waals surface area contributed by atoms with Gasteiger partial charge in [0.15, 0.2) is 0 Å². The highest BCUT2D eigenvalue weighted by Gasteiger charge is 2.45. The maximum absolute atomic E-state index is 2.74. The van der Waals surface area contributed by atoms with Crippen LogP contribution in [0.1, 0.15) is 47.0 Å². The van der Waals surface area contributed by atoms with Gasteiger partial charge in [-0.2, -0.15) is 0 Å². The molecule has 0 aromatic heterocycles. The van der Waals surface area contributed by atoms with Crippen molar-refractivity contribution in [2.45, 2.75) is 53.0 Å². The Kier molecular flexibility index (Phi) is 5.08. The van der Waals surface area contributed by atoms with E-state index >= 15 is 0 Å². The van der Waals surface area contributed by atoms with E-state index < -0.39 is 0 Å². The molecule has 0 spiro atoms. The number of piperidine rings is 2. The van der Waals surface area contributed by atoms with Gasteiger partial charge in [0.25, 0.3) is 0 Å². The molecule has 1 saturated carbocycles. The summed E-state index contributed by atoms with van der Waals surface area (Å²) < 4.78 is 0. The quantitative estimate of drug-likeness (QED) is 0.761. The van der Waals surface area contributed by atoms with Gasteiger partial charge < -0.3 is 9.80 Å². The summed E-state index contributed by atoms with van der Waals surface area (Å²) in [7, 11) is 0. The van der Waals surface area contributed by atoms with Crippen LogP contribution in [-0.4, -0.2) is 48.6 Å². The fourth-order valence-corrected chi connectivity index (χ4v) is 3.66. The molecular weight excluding hydrogens is 220 g/mol. The Labute approximate surface area is 114 Å². The van der Waals surface area contributed by atoms with Crippen LogP contribution in [0.25, 0.3) is 0 Å². The minimum Gasteiger partial charge on any atom is -0.302 e. The van der Waals surface area contributed by atoms with Crippen molar-refractivity contribution in [1.82, 2.24) is 9.80 Å². The average molecular weight is 252 g/mol. The Morgan fingerprint density at radius 2 is 1.56 bits per heavy atom. The molecule has 2 heteroatoms. The predicted molar refractivity (Wildman–Crippen MR) is 78.8 cm³/mol. The van der Waals surface area contributed by atoms with Crippen molar-refractivity contribution in [3.8, 4) is 0 Å². The largest absolute Gasteiger partial charge is 0.302 e. The molecule has 2 saturated heterocycles. The second-order valence-corrected chi connectivity index (χ2v) is 6.55. The van der Waals surface area contributed by atoms with Crippen molar-refractivity contribution in [3.63, 3.8) is 0 Å². The molecule has 2 heterocycles. The molecule has 0 aromatic rings. The van der Waals surface area contributed by atoms with Crippen LogP contribution in [0, 0.1) is 17.8 Å². The summed E-state index contributed by atoms with van der Waals surface area (Å²) in [6.07, 6.45) is 4.41. The van der Waals surface area contributed by atoms with Crippen LogP contribution >= 0.6 is 0 Å². The van der Waals surface area contributed by atoms with Crippen LogP contribution in [0.4, 0.5) is 0 Å². The van der Waals surface area contributed by atoms with Crippen LogP contribution in [-0.2, 0) is 0 Å². The lowest BCUT2D eigenvalue weighted by molar-refractivity contribution is 0.125.